The number of rotatable bonds is 4. The van der Waals surface area contributed by atoms with Crippen LogP contribution in [0.4, 0.5) is 5.69 Å². The number of anilines is 1. The van der Waals surface area contributed by atoms with Crippen molar-refractivity contribution in [3.05, 3.63) is 41.5 Å². The number of hydrogen-bond acceptors (Lipinski definition) is 6. The van der Waals surface area contributed by atoms with E-state index in [0.29, 0.717) is 0 Å². The van der Waals surface area contributed by atoms with Crippen LogP contribution in [-0.4, -0.2) is 19.4 Å². The van der Waals surface area contributed by atoms with Crippen molar-refractivity contribution < 1.29 is 18.3 Å². The van der Waals surface area contributed by atoms with E-state index in [-0.39, 0.29) is 15.6 Å². The lowest BCUT2D eigenvalue weighted by atomic mass is 10.3. The van der Waals surface area contributed by atoms with Crippen LogP contribution in [0.5, 0.6) is 0 Å². The number of sulfonamides is 1. The first kappa shape index (κ1) is 12.5. The van der Waals surface area contributed by atoms with E-state index in [9.17, 15) is 18.3 Å². The maximum atomic E-state index is 11.9. The average Bonchev–Trinajstić information content (AvgIpc) is 2.82. The molecule has 2 heterocycles. The molecule has 2 aromatic rings. The van der Waals surface area contributed by atoms with Crippen molar-refractivity contribution in [3.63, 3.8) is 0 Å². The number of aromatic carboxylic acids is 1. The number of hydrogen-bond donors (Lipinski definition) is 1. The molecular weight excluding hydrogens is 276 g/mol. The molecular formula is C10H7N2O4S2-. The van der Waals surface area contributed by atoms with Gasteiger partial charge in [-0.2, -0.15) is 0 Å². The Morgan fingerprint density at radius 1 is 1.39 bits per heavy atom. The number of pyridine rings is 1. The summed E-state index contributed by atoms with van der Waals surface area (Å²) in [6.45, 7) is 0. The highest BCUT2D eigenvalue weighted by Gasteiger charge is 2.15. The molecule has 0 saturated carbocycles. The topological polar surface area (TPSA) is 99.2 Å². The molecule has 0 radical (unpaired) electrons. The van der Waals surface area contributed by atoms with E-state index in [1.165, 1.54) is 18.3 Å². The predicted octanol–water partition coefficient (Wildman–Crippen LogP) is 0.307. The molecule has 0 atom stereocenters. The lowest BCUT2D eigenvalue weighted by Gasteiger charge is -2.07. The number of carboxylic acid groups (broad SMARTS) is 1. The summed E-state index contributed by atoms with van der Waals surface area (Å²) in [5.41, 5.74) is -0.209. The summed E-state index contributed by atoms with van der Waals surface area (Å²) in [5.74, 6) is -1.47. The molecule has 0 amide bonds. The second-order valence-corrected chi connectivity index (χ2v) is 6.11. The van der Waals surface area contributed by atoms with Crippen LogP contribution in [0.15, 0.2) is 40.1 Å². The van der Waals surface area contributed by atoms with E-state index in [1.807, 2.05) is 0 Å². The Labute approximate surface area is 107 Å². The third kappa shape index (κ3) is 2.66. The highest BCUT2D eigenvalue weighted by atomic mass is 32.2. The van der Waals surface area contributed by atoms with Gasteiger partial charge in [-0.05, 0) is 23.6 Å². The van der Waals surface area contributed by atoms with E-state index in [1.54, 1.807) is 11.4 Å². The van der Waals surface area contributed by atoms with E-state index in [2.05, 4.69) is 9.71 Å². The Hall–Kier alpha value is -1.93. The van der Waals surface area contributed by atoms with E-state index in [0.717, 1.165) is 17.4 Å². The van der Waals surface area contributed by atoms with Crippen molar-refractivity contribution >= 4 is 33.0 Å². The van der Waals surface area contributed by atoms with Crippen LogP contribution in [-0.2, 0) is 10.0 Å². The van der Waals surface area contributed by atoms with Crippen molar-refractivity contribution in [1.29, 1.82) is 0 Å². The monoisotopic (exact) mass is 283 g/mol. The van der Waals surface area contributed by atoms with Crippen LogP contribution in [0.2, 0.25) is 0 Å². The Balaban J connectivity index is 2.30. The van der Waals surface area contributed by atoms with E-state index in [4.69, 9.17) is 0 Å². The highest BCUT2D eigenvalue weighted by Crippen LogP contribution is 2.20. The molecule has 94 valence electrons. The standard InChI is InChI=1S/C10H8N2O4S2/c13-10(14)8-6-7(3-4-11-8)12-18(15,16)9-2-1-5-17-9/h1-6H,(H,11,12)(H,13,14)/p-1. The number of nitrogens with one attached hydrogen (secondary N) is 1. The normalized spacial score (nSPS) is 11.1. The first-order chi connectivity index (χ1) is 8.49. The molecule has 18 heavy (non-hydrogen) atoms. The number of carbonyl (C=O) groups is 1. The summed E-state index contributed by atoms with van der Waals surface area (Å²) < 4.78 is 26.1. The zero-order valence-corrected chi connectivity index (χ0v) is 10.5. The first-order valence-electron chi connectivity index (χ1n) is 4.73. The Bertz CT molecular complexity index is 665. The Morgan fingerprint density at radius 3 is 2.78 bits per heavy atom. The lowest BCUT2D eigenvalue weighted by molar-refractivity contribution is -0.255. The molecule has 0 spiro atoms. The molecule has 2 rings (SSSR count). The molecule has 2 aromatic heterocycles. The second-order valence-electron chi connectivity index (χ2n) is 3.25. The van der Waals surface area contributed by atoms with Crippen molar-refractivity contribution in [3.8, 4) is 0 Å². The van der Waals surface area contributed by atoms with Gasteiger partial charge in [0.25, 0.3) is 10.0 Å². The lowest BCUT2D eigenvalue weighted by Crippen LogP contribution is -2.23. The third-order valence-corrected chi connectivity index (χ3v) is 4.76. The van der Waals surface area contributed by atoms with Gasteiger partial charge in [-0.25, -0.2) is 8.42 Å². The predicted molar refractivity (Wildman–Crippen MR) is 63.7 cm³/mol. The van der Waals surface area contributed by atoms with Crippen LogP contribution < -0.4 is 9.83 Å². The Kier molecular flexibility index (Phi) is 3.30. The van der Waals surface area contributed by atoms with Gasteiger partial charge in [0.1, 0.15) is 4.21 Å². The number of aromatic nitrogens is 1. The van der Waals surface area contributed by atoms with Gasteiger partial charge >= 0.3 is 0 Å². The van der Waals surface area contributed by atoms with Gasteiger partial charge in [-0.15, -0.1) is 11.3 Å². The fraction of sp³-hybridized carbons (Fsp3) is 0. The number of thiophene rings is 1. The summed E-state index contributed by atoms with van der Waals surface area (Å²) >= 11 is 1.06. The largest absolute Gasteiger partial charge is 0.543 e. The molecule has 8 heteroatoms. The van der Waals surface area contributed by atoms with Gasteiger partial charge in [0.15, 0.2) is 0 Å². The SMILES string of the molecule is O=C([O-])c1cc(NS(=O)(=O)c2cccs2)ccn1. The maximum absolute atomic E-state index is 11.9. The van der Waals surface area contributed by atoms with Gasteiger partial charge < -0.3 is 9.90 Å². The van der Waals surface area contributed by atoms with Crippen molar-refractivity contribution in [1.82, 2.24) is 4.98 Å². The molecule has 0 aromatic carbocycles. The molecule has 0 bridgehead atoms. The zero-order valence-electron chi connectivity index (χ0n) is 8.86. The van der Waals surface area contributed by atoms with Gasteiger partial charge in [0, 0.05) is 6.20 Å². The molecule has 0 aliphatic rings. The first-order valence-corrected chi connectivity index (χ1v) is 7.09. The number of carboxylic acids is 1. The summed E-state index contributed by atoms with van der Waals surface area (Å²) in [5, 5.41) is 12.2. The average molecular weight is 283 g/mol. The third-order valence-electron chi connectivity index (χ3n) is 1.98. The quantitative estimate of drug-likeness (QED) is 0.870. The molecule has 6 nitrogen and oxygen atoms in total. The summed E-state index contributed by atoms with van der Waals surface area (Å²) in [4.78, 5) is 14.1. The van der Waals surface area contributed by atoms with Crippen molar-refractivity contribution in [2.75, 3.05) is 4.72 Å². The second kappa shape index (κ2) is 4.75. The van der Waals surface area contributed by atoms with Crippen molar-refractivity contribution in [2.24, 2.45) is 0 Å². The minimum absolute atomic E-state index is 0.123. The molecule has 0 aliphatic carbocycles. The number of carbonyl (C=O) groups excluding carboxylic acids is 1. The highest BCUT2D eigenvalue weighted by molar-refractivity contribution is 7.94. The Morgan fingerprint density at radius 2 is 2.17 bits per heavy atom. The minimum atomic E-state index is -3.69. The molecule has 1 N–H and O–H groups in total. The molecule has 0 saturated heterocycles. The van der Waals surface area contributed by atoms with Crippen LogP contribution in [0.3, 0.4) is 0 Å². The summed E-state index contributed by atoms with van der Waals surface area (Å²) in [7, 11) is -3.69. The van der Waals surface area contributed by atoms with Crippen LogP contribution in [0.25, 0.3) is 0 Å². The summed E-state index contributed by atoms with van der Waals surface area (Å²) in [6, 6.07) is 5.52. The van der Waals surface area contributed by atoms with E-state index < -0.39 is 16.0 Å². The number of nitrogens with zero attached hydrogens (tertiary/aromatic N) is 1. The summed E-state index contributed by atoms with van der Waals surface area (Å²) in [6.07, 6.45) is 1.19. The van der Waals surface area contributed by atoms with Crippen LogP contribution >= 0.6 is 11.3 Å². The molecule has 0 fully saturated rings. The van der Waals surface area contributed by atoms with Gasteiger partial charge in [-0.3, -0.25) is 9.71 Å². The van der Waals surface area contributed by atoms with Gasteiger partial charge in [0.2, 0.25) is 0 Å². The van der Waals surface area contributed by atoms with E-state index >= 15 is 0 Å². The smallest absolute Gasteiger partial charge is 0.271 e. The van der Waals surface area contributed by atoms with Gasteiger partial charge in [-0.1, -0.05) is 6.07 Å². The maximum Gasteiger partial charge on any atom is 0.271 e. The molecule has 0 aliphatic heterocycles. The fourth-order valence-corrected chi connectivity index (χ4v) is 3.27. The van der Waals surface area contributed by atoms with Crippen LogP contribution in [0, 0.1) is 0 Å². The fourth-order valence-electron chi connectivity index (χ4n) is 1.23. The zero-order chi connectivity index (χ0) is 13.2. The minimum Gasteiger partial charge on any atom is -0.543 e. The van der Waals surface area contributed by atoms with Crippen LogP contribution in [0.1, 0.15) is 10.5 Å². The van der Waals surface area contributed by atoms with Crippen molar-refractivity contribution in [2.45, 2.75) is 4.21 Å². The molecule has 0 unspecified atom stereocenters. The van der Waals surface area contributed by atoms with Gasteiger partial charge in [0.05, 0.1) is 17.4 Å².